The van der Waals surface area contributed by atoms with Gasteiger partial charge < -0.3 is 14.4 Å². The number of rotatable bonds is 4. The summed E-state index contributed by atoms with van der Waals surface area (Å²) in [6.07, 6.45) is 5.20. The molecule has 1 amide bonds. The van der Waals surface area contributed by atoms with E-state index in [2.05, 4.69) is 4.98 Å². The Morgan fingerprint density at radius 1 is 1.50 bits per heavy atom. The van der Waals surface area contributed by atoms with Gasteiger partial charge in [0.15, 0.2) is 5.82 Å². The zero-order valence-electron chi connectivity index (χ0n) is 12.7. The lowest BCUT2D eigenvalue weighted by Crippen LogP contribution is -2.46. The molecule has 2 aliphatic rings. The van der Waals surface area contributed by atoms with Gasteiger partial charge in [0.1, 0.15) is 0 Å². The van der Waals surface area contributed by atoms with Crippen molar-refractivity contribution in [1.82, 2.24) is 9.88 Å². The fourth-order valence-electron chi connectivity index (χ4n) is 3.33. The number of carbonyl (C=O) groups is 1. The van der Waals surface area contributed by atoms with Gasteiger partial charge in [0.25, 0.3) is 5.91 Å². The van der Waals surface area contributed by atoms with E-state index in [-0.39, 0.29) is 29.7 Å². The molecular formula is C16H21FN2O3. The van der Waals surface area contributed by atoms with E-state index >= 15 is 0 Å². The summed E-state index contributed by atoms with van der Waals surface area (Å²) in [4.78, 5) is 18.0. The number of amides is 1. The van der Waals surface area contributed by atoms with E-state index in [1.165, 1.54) is 12.3 Å². The van der Waals surface area contributed by atoms with Crippen LogP contribution in [0, 0.1) is 5.82 Å². The van der Waals surface area contributed by atoms with Crippen LogP contribution in [0.15, 0.2) is 18.5 Å². The third-order valence-corrected chi connectivity index (χ3v) is 4.41. The van der Waals surface area contributed by atoms with E-state index in [0.29, 0.717) is 19.8 Å². The van der Waals surface area contributed by atoms with Gasteiger partial charge in [0.05, 0.1) is 36.6 Å². The monoisotopic (exact) mass is 308 g/mol. The number of ether oxygens (including phenoxy) is 2. The van der Waals surface area contributed by atoms with Gasteiger partial charge in [-0.2, -0.15) is 0 Å². The molecule has 0 N–H and O–H groups in total. The maximum atomic E-state index is 13.8. The Bertz CT molecular complexity index is 540. The maximum Gasteiger partial charge on any atom is 0.257 e. The zero-order valence-corrected chi connectivity index (χ0v) is 12.7. The molecule has 2 saturated heterocycles. The summed E-state index contributed by atoms with van der Waals surface area (Å²) in [7, 11) is 0. The summed E-state index contributed by atoms with van der Waals surface area (Å²) in [6.45, 7) is 3.86. The predicted octanol–water partition coefficient (Wildman–Crippen LogP) is 2.02. The lowest BCUT2D eigenvalue weighted by atomic mass is 9.99. The molecule has 6 heteroatoms. The van der Waals surface area contributed by atoms with Crippen LogP contribution >= 0.6 is 0 Å². The highest BCUT2D eigenvalue weighted by atomic mass is 19.1. The second kappa shape index (κ2) is 6.71. The van der Waals surface area contributed by atoms with Crippen molar-refractivity contribution in [2.24, 2.45) is 0 Å². The number of hydrogen-bond acceptors (Lipinski definition) is 4. The van der Waals surface area contributed by atoms with Crippen molar-refractivity contribution in [3.63, 3.8) is 0 Å². The van der Waals surface area contributed by atoms with Crippen molar-refractivity contribution in [1.29, 1.82) is 0 Å². The summed E-state index contributed by atoms with van der Waals surface area (Å²) in [6, 6.07) is 1.48. The first-order chi connectivity index (χ1) is 10.7. The first kappa shape index (κ1) is 15.4. The number of pyridine rings is 1. The molecule has 0 spiro atoms. The Balaban J connectivity index is 1.66. The third-order valence-electron chi connectivity index (χ3n) is 4.41. The number of carbonyl (C=O) groups excluding carboxylic acids is 1. The van der Waals surface area contributed by atoms with Crippen LogP contribution in [0.1, 0.15) is 36.5 Å². The zero-order chi connectivity index (χ0) is 15.5. The summed E-state index contributed by atoms with van der Waals surface area (Å²) in [5.41, 5.74) is 0.0899. The van der Waals surface area contributed by atoms with Crippen LogP contribution in [-0.4, -0.2) is 53.8 Å². The largest absolute Gasteiger partial charge is 0.379 e. The topological polar surface area (TPSA) is 51.7 Å². The van der Waals surface area contributed by atoms with Crippen LogP contribution in [0.5, 0.6) is 0 Å². The molecule has 0 aromatic carbocycles. The highest BCUT2D eigenvalue weighted by molar-refractivity contribution is 5.94. The second-order valence-corrected chi connectivity index (χ2v) is 5.74. The van der Waals surface area contributed by atoms with Crippen molar-refractivity contribution in [2.45, 2.75) is 44.4 Å². The van der Waals surface area contributed by atoms with E-state index in [9.17, 15) is 9.18 Å². The molecule has 120 valence electrons. The molecule has 1 aromatic rings. The molecule has 3 atom stereocenters. The number of hydrogen-bond donors (Lipinski definition) is 0. The van der Waals surface area contributed by atoms with Crippen LogP contribution < -0.4 is 0 Å². The van der Waals surface area contributed by atoms with E-state index in [4.69, 9.17) is 9.47 Å². The lowest BCUT2D eigenvalue weighted by Gasteiger charge is -2.35. The molecule has 0 unspecified atom stereocenters. The van der Waals surface area contributed by atoms with E-state index in [0.717, 1.165) is 25.5 Å². The van der Waals surface area contributed by atoms with E-state index in [1.54, 1.807) is 4.90 Å². The maximum absolute atomic E-state index is 13.8. The smallest absolute Gasteiger partial charge is 0.257 e. The van der Waals surface area contributed by atoms with E-state index in [1.807, 2.05) is 6.92 Å². The molecule has 0 saturated carbocycles. The Morgan fingerprint density at radius 2 is 2.36 bits per heavy atom. The number of likely N-dealkylation sites (tertiary alicyclic amines) is 1. The van der Waals surface area contributed by atoms with Gasteiger partial charge in [-0.25, -0.2) is 4.39 Å². The van der Waals surface area contributed by atoms with Crippen molar-refractivity contribution < 1.29 is 18.7 Å². The molecule has 0 radical (unpaired) electrons. The van der Waals surface area contributed by atoms with Gasteiger partial charge in [-0.05, 0) is 32.3 Å². The van der Waals surface area contributed by atoms with Crippen molar-refractivity contribution in [3.8, 4) is 0 Å². The average molecular weight is 308 g/mol. The number of aromatic nitrogens is 1. The first-order valence-corrected chi connectivity index (χ1v) is 7.84. The second-order valence-electron chi connectivity index (χ2n) is 5.74. The number of nitrogens with zero attached hydrogens (tertiary/aromatic N) is 2. The average Bonchev–Trinajstić information content (AvgIpc) is 2.96. The van der Waals surface area contributed by atoms with Crippen LogP contribution in [0.25, 0.3) is 0 Å². The molecule has 5 nitrogen and oxygen atoms in total. The van der Waals surface area contributed by atoms with Crippen LogP contribution in [0.2, 0.25) is 0 Å². The van der Waals surface area contributed by atoms with Gasteiger partial charge in [0.2, 0.25) is 0 Å². The first-order valence-electron chi connectivity index (χ1n) is 7.84. The van der Waals surface area contributed by atoms with Gasteiger partial charge in [-0.1, -0.05) is 0 Å². The summed E-state index contributed by atoms with van der Waals surface area (Å²) in [5.74, 6) is -0.832. The Morgan fingerprint density at radius 3 is 3.14 bits per heavy atom. The third kappa shape index (κ3) is 2.98. The minimum atomic E-state index is -0.568. The molecule has 3 rings (SSSR count). The Labute approximate surface area is 129 Å². The highest BCUT2D eigenvalue weighted by Crippen LogP contribution is 2.32. The molecule has 3 heterocycles. The minimum absolute atomic E-state index is 0.0352. The molecular weight excluding hydrogens is 287 g/mol. The standard InChI is InChI=1S/C16H21FN2O3/c1-2-21-10-11-3-4-14-15(22-11)6-8-19(14)16(20)12-5-7-18-9-13(12)17/h5,7,9,11,14-15H,2-4,6,8,10H2,1H3/t11-,14+,15+/m1/s1. The number of fused-ring (bicyclic) bond motifs is 1. The molecule has 0 aliphatic carbocycles. The van der Waals surface area contributed by atoms with Crippen molar-refractivity contribution in [3.05, 3.63) is 29.8 Å². The molecule has 0 bridgehead atoms. The molecule has 2 fully saturated rings. The minimum Gasteiger partial charge on any atom is -0.379 e. The van der Waals surface area contributed by atoms with Crippen LogP contribution in [-0.2, 0) is 9.47 Å². The van der Waals surface area contributed by atoms with Crippen molar-refractivity contribution in [2.75, 3.05) is 19.8 Å². The molecule has 22 heavy (non-hydrogen) atoms. The van der Waals surface area contributed by atoms with Crippen molar-refractivity contribution >= 4 is 5.91 Å². The van der Waals surface area contributed by atoms with Crippen LogP contribution in [0.3, 0.4) is 0 Å². The Hall–Kier alpha value is -1.53. The van der Waals surface area contributed by atoms with Gasteiger partial charge >= 0.3 is 0 Å². The van der Waals surface area contributed by atoms with Crippen LogP contribution in [0.4, 0.5) is 4.39 Å². The van der Waals surface area contributed by atoms with Gasteiger partial charge in [-0.3, -0.25) is 9.78 Å². The number of halogens is 1. The predicted molar refractivity (Wildman–Crippen MR) is 78.0 cm³/mol. The normalized spacial score (nSPS) is 27.7. The van der Waals surface area contributed by atoms with Gasteiger partial charge in [-0.15, -0.1) is 0 Å². The fourth-order valence-corrected chi connectivity index (χ4v) is 3.33. The summed E-state index contributed by atoms with van der Waals surface area (Å²) in [5, 5.41) is 0. The summed E-state index contributed by atoms with van der Waals surface area (Å²) < 4.78 is 25.2. The Kier molecular flexibility index (Phi) is 4.69. The SMILES string of the molecule is CCOC[C@H]1CC[C@H]2[C@H](CCN2C(=O)c2ccncc2F)O1. The quantitative estimate of drug-likeness (QED) is 0.854. The molecule has 1 aromatic heterocycles. The fraction of sp³-hybridized carbons (Fsp3) is 0.625. The van der Waals surface area contributed by atoms with E-state index < -0.39 is 5.82 Å². The lowest BCUT2D eigenvalue weighted by molar-refractivity contribution is -0.0951. The molecule has 2 aliphatic heterocycles. The van der Waals surface area contributed by atoms with Gasteiger partial charge in [0, 0.05) is 19.3 Å². The highest BCUT2D eigenvalue weighted by Gasteiger charge is 2.42. The summed E-state index contributed by atoms with van der Waals surface area (Å²) >= 11 is 0.